The van der Waals surface area contributed by atoms with Gasteiger partial charge in [0.2, 0.25) is 0 Å². The number of nitrogens with one attached hydrogen (secondary N) is 2. The topological polar surface area (TPSA) is 53.1 Å². The summed E-state index contributed by atoms with van der Waals surface area (Å²) in [5.74, 6) is 2.77. The lowest BCUT2D eigenvalue weighted by Crippen LogP contribution is -2.36. The van der Waals surface area contributed by atoms with Crippen LogP contribution in [0, 0.1) is 0 Å². The fourth-order valence-corrected chi connectivity index (χ4v) is 2.43. The Morgan fingerprint density at radius 2 is 1.90 bits per heavy atom. The van der Waals surface area contributed by atoms with Gasteiger partial charge in [-0.3, -0.25) is 4.90 Å². The van der Waals surface area contributed by atoms with E-state index in [9.17, 15) is 0 Å². The van der Waals surface area contributed by atoms with Crippen molar-refractivity contribution >= 4 is 11.6 Å². The predicted molar refractivity (Wildman–Crippen MR) is 88.9 cm³/mol. The van der Waals surface area contributed by atoms with E-state index < -0.39 is 0 Å². The Bertz CT molecular complexity index is 420. The zero-order valence-electron chi connectivity index (χ0n) is 13.8. The maximum atomic E-state index is 4.62. The molecule has 1 atom stereocenters. The highest BCUT2D eigenvalue weighted by Gasteiger charge is 2.28. The summed E-state index contributed by atoms with van der Waals surface area (Å²) in [5.41, 5.74) is 0. The molecule has 0 amide bonds. The zero-order valence-corrected chi connectivity index (χ0v) is 13.8. The highest BCUT2D eigenvalue weighted by molar-refractivity contribution is 5.47. The molecule has 2 N–H and O–H groups in total. The molecule has 0 saturated heterocycles. The molecule has 0 bridgehead atoms. The van der Waals surface area contributed by atoms with Gasteiger partial charge >= 0.3 is 0 Å². The highest BCUT2D eigenvalue weighted by Crippen LogP contribution is 2.27. The molecule has 0 aromatic carbocycles. The van der Waals surface area contributed by atoms with Crippen LogP contribution in [0.15, 0.2) is 6.07 Å². The minimum Gasteiger partial charge on any atom is -0.370 e. The fraction of sp³-hybridized carbons (Fsp3) is 0.750. The third kappa shape index (κ3) is 4.84. The van der Waals surface area contributed by atoms with Gasteiger partial charge in [0.1, 0.15) is 17.5 Å². The first kappa shape index (κ1) is 16.0. The van der Waals surface area contributed by atoms with Gasteiger partial charge in [0.25, 0.3) is 0 Å². The number of rotatable bonds is 9. The van der Waals surface area contributed by atoms with Gasteiger partial charge in [-0.05, 0) is 40.2 Å². The van der Waals surface area contributed by atoms with Crippen LogP contribution in [-0.4, -0.2) is 47.1 Å². The highest BCUT2D eigenvalue weighted by atomic mass is 15.2. The van der Waals surface area contributed by atoms with E-state index in [-0.39, 0.29) is 0 Å². The quantitative estimate of drug-likeness (QED) is 0.733. The van der Waals surface area contributed by atoms with Crippen molar-refractivity contribution in [3.8, 4) is 0 Å². The van der Waals surface area contributed by atoms with Gasteiger partial charge in [-0.2, -0.15) is 0 Å². The molecule has 1 unspecified atom stereocenters. The fourth-order valence-electron chi connectivity index (χ4n) is 2.43. The molecule has 0 aliphatic heterocycles. The molecule has 1 heterocycles. The molecule has 1 aliphatic carbocycles. The molecule has 2 rings (SSSR count). The minimum absolute atomic E-state index is 0.518. The number of hydrogen-bond acceptors (Lipinski definition) is 5. The van der Waals surface area contributed by atoms with Crippen LogP contribution in [0.1, 0.15) is 45.9 Å². The first-order valence-electron chi connectivity index (χ1n) is 8.21. The summed E-state index contributed by atoms with van der Waals surface area (Å²) in [6.07, 6.45) is 4.68. The predicted octanol–water partition coefficient (Wildman–Crippen LogP) is 2.76. The van der Waals surface area contributed by atoms with Crippen molar-refractivity contribution in [2.45, 2.75) is 58.5 Å². The van der Waals surface area contributed by atoms with Crippen LogP contribution in [0.2, 0.25) is 0 Å². The molecule has 0 radical (unpaired) electrons. The van der Waals surface area contributed by atoms with Crippen molar-refractivity contribution in [1.29, 1.82) is 0 Å². The third-order valence-corrected chi connectivity index (χ3v) is 4.00. The average Bonchev–Trinajstić information content (AvgIpc) is 3.29. The Hall–Kier alpha value is -1.36. The van der Waals surface area contributed by atoms with Crippen molar-refractivity contribution in [2.75, 3.05) is 30.8 Å². The second-order valence-electron chi connectivity index (χ2n) is 5.96. The monoisotopic (exact) mass is 291 g/mol. The standard InChI is InChI=1S/C16H29N5/c1-5-7-14-19-15(17-6-2)10-16(20-14)18-11-12(3)21(4)13-8-9-13/h10,12-13H,5-9,11H2,1-4H3,(H2,17,18,19,20). The Balaban J connectivity index is 1.96. The number of anilines is 2. The number of aromatic nitrogens is 2. The molecule has 1 saturated carbocycles. The van der Waals surface area contributed by atoms with Crippen LogP contribution in [0.3, 0.4) is 0 Å². The number of nitrogens with zero attached hydrogens (tertiary/aromatic N) is 3. The van der Waals surface area contributed by atoms with Crippen LogP contribution in [-0.2, 0) is 6.42 Å². The van der Waals surface area contributed by atoms with Crippen LogP contribution in [0.25, 0.3) is 0 Å². The summed E-state index contributed by atoms with van der Waals surface area (Å²) < 4.78 is 0. The van der Waals surface area contributed by atoms with Crippen molar-refractivity contribution in [1.82, 2.24) is 14.9 Å². The molecule has 0 spiro atoms. The lowest BCUT2D eigenvalue weighted by Gasteiger charge is -2.25. The maximum absolute atomic E-state index is 4.62. The Morgan fingerprint density at radius 3 is 2.48 bits per heavy atom. The number of hydrogen-bond donors (Lipinski definition) is 2. The van der Waals surface area contributed by atoms with Gasteiger partial charge in [0.15, 0.2) is 0 Å². The van der Waals surface area contributed by atoms with Crippen molar-refractivity contribution < 1.29 is 0 Å². The maximum Gasteiger partial charge on any atom is 0.133 e. The molecule has 1 aliphatic rings. The Morgan fingerprint density at radius 1 is 1.24 bits per heavy atom. The molecule has 5 heteroatoms. The first-order valence-corrected chi connectivity index (χ1v) is 8.21. The molecular weight excluding hydrogens is 262 g/mol. The van der Waals surface area contributed by atoms with Crippen molar-refractivity contribution in [3.63, 3.8) is 0 Å². The van der Waals surface area contributed by atoms with E-state index in [1.165, 1.54) is 12.8 Å². The van der Waals surface area contributed by atoms with Gasteiger partial charge in [-0.1, -0.05) is 6.92 Å². The number of likely N-dealkylation sites (N-methyl/N-ethyl adjacent to an activating group) is 1. The molecule has 1 aromatic rings. The third-order valence-electron chi connectivity index (χ3n) is 4.00. The van der Waals surface area contributed by atoms with E-state index in [2.05, 4.69) is 53.3 Å². The summed E-state index contributed by atoms with van der Waals surface area (Å²) in [6.45, 7) is 8.30. The van der Waals surface area contributed by atoms with Crippen LogP contribution in [0.5, 0.6) is 0 Å². The van der Waals surface area contributed by atoms with E-state index in [1.54, 1.807) is 0 Å². The van der Waals surface area contributed by atoms with E-state index in [4.69, 9.17) is 0 Å². The minimum atomic E-state index is 0.518. The van der Waals surface area contributed by atoms with Gasteiger partial charge < -0.3 is 10.6 Å². The summed E-state index contributed by atoms with van der Waals surface area (Å²) in [6, 6.07) is 3.32. The van der Waals surface area contributed by atoms with E-state index in [0.717, 1.165) is 49.4 Å². The van der Waals surface area contributed by atoms with Gasteiger partial charge in [0, 0.05) is 37.7 Å². The van der Waals surface area contributed by atoms with E-state index in [1.807, 2.05) is 6.07 Å². The van der Waals surface area contributed by atoms with Crippen molar-refractivity contribution in [3.05, 3.63) is 11.9 Å². The van der Waals surface area contributed by atoms with Gasteiger partial charge in [0.05, 0.1) is 0 Å². The Kier molecular flexibility index (Phi) is 5.79. The molecular formula is C16H29N5. The smallest absolute Gasteiger partial charge is 0.133 e. The van der Waals surface area contributed by atoms with Crippen LogP contribution >= 0.6 is 0 Å². The lowest BCUT2D eigenvalue weighted by molar-refractivity contribution is 0.257. The second kappa shape index (κ2) is 7.59. The second-order valence-corrected chi connectivity index (χ2v) is 5.96. The molecule has 118 valence electrons. The molecule has 1 aromatic heterocycles. The first-order chi connectivity index (χ1) is 10.1. The summed E-state index contributed by atoms with van der Waals surface area (Å²) >= 11 is 0. The molecule has 1 fully saturated rings. The zero-order chi connectivity index (χ0) is 15.2. The van der Waals surface area contributed by atoms with Crippen LogP contribution in [0.4, 0.5) is 11.6 Å². The number of aryl methyl sites for hydroxylation is 1. The largest absolute Gasteiger partial charge is 0.370 e. The van der Waals surface area contributed by atoms with Gasteiger partial charge in [-0.25, -0.2) is 9.97 Å². The summed E-state index contributed by atoms with van der Waals surface area (Å²) in [5, 5.41) is 6.76. The summed E-state index contributed by atoms with van der Waals surface area (Å²) in [7, 11) is 2.22. The van der Waals surface area contributed by atoms with Crippen molar-refractivity contribution in [2.24, 2.45) is 0 Å². The van der Waals surface area contributed by atoms with Crippen LogP contribution < -0.4 is 10.6 Å². The molecule has 5 nitrogen and oxygen atoms in total. The summed E-state index contributed by atoms with van der Waals surface area (Å²) in [4.78, 5) is 11.6. The average molecular weight is 291 g/mol. The SMILES string of the molecule is CCCc1nc(NCC)cc(NCC(C)N(C)C2CC2)n1. The lowest BCUT2D eigenvalue weighted by atomic mass is 10.3. The normalized spacial score (nSPS) is 16.0. The molecule has 21 heavy (non-hydrogen) atoms. The van der Waals surface area contributed by atoms with E-state index in [0.29, 0.717) is 6.04 Å². The van der Waals surface area contributed by atoms with Gasteiger partial charge in [-0.15, -0.1) is 0 Å². The Labute approximate surface area is 128 Å². The van der Waals surface area contributed by atoms with E-state index >= 15 is 0 Å².